The molecule has 0 bridgehead atoms. The second-order valence-corrected chi connectivity index (χ2v) is 5.68. The maximum absolute atomic E-state index is 5.27. The van der Waals surface area contributed by atoms with E-state index in [1.54, 1.807) is 0 Å². The Morgan fingerprint density at radius 3 is 2.88 bits per heavy atom. The lowest BCUT2D eigenvalue weighted by Crippen LogP contribution is -2.53. The first-order valence-corrected chi connectivity index (χ1v) is 7.23. The Morgan fingerprint density at radius 1 is 1.29 bits per heavy atom. The molecule has 0 aromatic rings. The maximum atomic E-state index is 5.27. The van der Waals surface area contributed by atoms with E-state index in [1.807, 2.05) is 0 Å². The summed E-state index contributed by atoms with van der Waals surface area (Å²) in [4.78, 5) is 2.75. The molecule has 1 aliphatic carbocycles. The van der Waals surface area contributed by atoms with E-state index in [9.17, 15) is 0 Å². The fraction of sp³-hybridized carbons (Fsp3) is 0.867. The van der Waals surface area contributed by atoms with Gasteiger partial charge in [-0.25, -0.2) is 0 Å². The van der Waals surface area contributed by atoms with Crippen LogP contribution in [0.1, 0.15) is 45.4 Å². The van der Waals surface area contributed by atoms with Crippen LogP contribution in [0.4, 0.5) is 0 Å². The van der Waals surface area contributed by atoms with Gasteiger partial charge in [-0.15, -0.1) is 6.42 Å². The molecule has 96 valence electrons. The minimum atomic E-state index is 0.634. The number of hydrogen-bond donors (Lipinski definition) is 1. The van der Waals surface area contributed by atoms with Crippen molar-refractivity contribution in [2.45, 2.75) is 57.5 Å². The Labute approximate surface area is 106 Å². The first-order valence-electron chi connectivity index (χ1n) is 7.23. The third kappa shape index (κ3) is 3.24. The van der Waals surface area contributed by atoms with Crippen LogP contribution in [-0.4, -0.2) is 36.6 Å². The summed E-state index contributed by atoms with van der Waals surface area (Å²) in [6, 6.07) is 1.49. The summed E-state index contributed by atoms with van der Waals surface area (Å²) in [7, 11) is 0. The summed E-state index contributed by atoms with van der Waals surface area (Å²) >= 11 is 0. The Morgan fingerprint density at radius 2 is 2.06 bits per heavy atom. The molecule has 0 aromatic heterocycles. The lowest BCUT2D eigenvalue weighted by Gasteiger charge is -2.47. The standard InChI is InChI=1S/C15H26N2/c1-3-10-16-12-13(2)17-11-6-8-14-7-4-5-9-15(14)17/h1,13-16H,4-12H2,2H3. The first kappa shape index (κ1) is 12.9. The molecule has 3 atom stereocenters. The fourth-order valence-corrected chi connectivity index (χ4v) is 3.68. The quantitative estimate of drug-likeness (QED) is 0.593. The minimum absolute atomic E-state index is 0.634. The summed E-state index contributed by atoms with van der Waals surface area (Å²) in [6.07, 6.45) is 13.9. The highest BCUT2D eigenvalue weighted by Crippen LogP contribution is 2.35. The smallest absolute Gasteiger partial charge is 0.0574 e. The third-order valence-electron chi connectivity index (χ3n) is 4.52. The molecule has 1 heterocycles. The molecule has 1 N–H and O–H groups in total. The summed E-state index contributed by atoms with van der Waals surface area (Å²) in [5, 5.41) is 3.35. The zero-order chi connectivity index (χ0) is 12.1. The van der Waals surface area contributed by atoms with Gasteiger partial charge in [0.2, 0.25) is 0 Å². The van der Waals surface area contributed by atoms with Crippen molar-refractivity contribution in [2.75, 3.05) is 19.6 Å². The van der Waals surface area contributed by atoms with Crippen molar-refractivity contribution < 1.29 is 0 Å². The van der Waals surface area contributed by atoms with Crippen molar-refractivity contribution in [1.82, 2.24) is 10.2 Å². The molecule has 0 radical (unpaired) electrons. The molecule has 17 heavy (non-hydrogen) atoms. The second kappa shape index (κ2) is 6.42. The SMILES string of the molecule is C#CCNCC(C)N1CCCC2CCCCC21. The largest absolute Gasteiger partial charge is 0.305 e. The van der Waals surface area contributed by atoms with Crippen molar-refractivity contribution in [2.24, 2.45) is 5.92 Å². The predicted molar refractivity (Wildman–Crippen MR) is 72.9 cm³/mol. The molecule has 2 rings (SSSR count). The van der Waals surface area contributed by atoms with Crippen LogP contribution in [0.2, 0.25) is 0 Å². The van der Waals surface area contributed by atoms with Gasteiger partial charge < -0.3 is 5.32 Å². The minimum Gasteiger partial charge on any atom is -0.305 e. The van der Waals surface area contributed by atoms with E-state index in [4.69, 9.17) is 6.42 Å². The van der Waals surface area contributed by atoms with Crippen LogP contribution in [0.15, 0.2) is 0 Å². The van der Waals surface area contributed by atoms with Gasteiger partial charge in [0.05, 0.1) is 6.54 Å². The highest BCUT2D eigenvalue weighted by atomic mass is 15.2. The summed E-state index contributed by atoms with van der Waals surface area (Å²) in [5.74, 6) is 3.63. The molecule has 2 aliphatic rings. The van der Waals surface area contributed by atoms with Crippen molar-refractivity contribution in [3.05, 3.63) is 0 Å². The van der Waals surface area contributed by atoms with Gasteiger partial charge in [-0.1, -0.05) is 18.8 Å². The van der Waals surface area contributed by atoms with Gasteiger partial charge in [0.15, 0.2) is 0 Å². The zero-order valence-electron chi connectivity index (χ0n) is 11.1. The maximum Gasteiger partial charge on any atom is 0.0574 e. The van der Waals surface area contributed by atoms with E-state index in [0.717, 1.165) is 18.5 Å². The Kier molecular flexibility index (Phi) is 4.88. The molecule has 0 spiro atoms. The summed E-state index contributed by atoms with van der Waals surface area (Å²) < 4.78 is 0. The van der Waals surface area contributed by atoms with Gasteiger partial charge in [-0.3, -0.25) is 4.90 Å². The highest BCUT2D eigenvalue weighted by Gasteiger charge is 2.34. The van der Waals surface area contributed by atoms with E-state index in [0.29, 0.717) is 12.6 Å². The zero-order valence-corrected chi connectivity index (χ0v) is 11.1. The van der Waals surface area contributed by atoms with Crippen molar-refractivity contribution in [1.29, 1.82) is 0 Å². The van der Waals surface area contributed by atoms with Gasteiger partial charge in [0.25, 0.3) is 0 Å². The third-order valence-corrected chi connectivity index (χ3v) is 4.52. The van der Waals surface area contributed by atoms with Gasteiger partial charge in [-0.05, 0) is 45.1 Å². The molecule has 2 heteroatoms. The van der Waals surface area contributed by atoms with Gasteiger partial charge in [0, 0.05) is 18.6 Å². The van der Waals surface area contributed by atoms with Crippen molar-refractivity contribution in [3.8, 4) is 12.3 Å². The van der Waals surface area contributed by atoms with E-state index >= 15 is 0 Å². The first-order chi connectivity index (χ1) is 8.33. The number of fused-ring (bicyclic) bond motifs is 1. The van der Waals surface area contributed by atoms with Gasteiger partial charge >= 0.3 is 0 Å². The molecule has 2 nitrogen and oxygen atoms in total. The van der Waals surface area contributed by atoms with Crippen LogP contribution in [-0.2, 0) is 0 Å². The molecule has 1 saturated carbocycles. The van der Waals surface area contributed by atoms with Crippen LogP contribution >= 0.6 is 0 Å². The molecule has 1 saturated heterocycles. The number of rotatable bonds is 4. The van der Waals surface area contributed by atoms with Crippen LogP contribution in [0.3, 0.4) is 0 Å². The van der Waals surface area contributed by atoms with Gasteiger partial charge in [-0.2, -0.15) is 0 Å². The Bertz CT molecular complexity index is 267. The van der Waals surface area contributed by atoms with E-state index in [2.05, 4.69) is 23.1 Å². The lowest BCUT2D eigenvalue weighted by atomic mass is 9.78. The van der Waals surface area contributed by atoms with Crippen molar-refractivity contribution in [3.63, 3.8) is 0 Å². The molecule has 2 fully saturated rings. The molecule has 0 amide bonds. The van der Waals surface area contributed by atoms with E-state index in [1.165, 1.54) is 45.1 Å². The van der Waals surface area contributed by atoms with Crippen molar-refractivity contribution >= 4 is 0 Å². The Hall–Kier alpha value is -0.520. The Balaban J connectivity index is 1.87. The molecular weight excluding hydrogens is 208 g/mol. The van der Waals surface area contributed by atoms with Crippen LogP contribution < -0.4 is 5.32 Å². The van der Waals surface area contributed by atoms with Gasteiger partial charge in [0.1, 0.15) is 0 Å². The average Bonchev–Trinajstić information content (AvgIpc) is 2.38. The van der Waals surface area contributed by atoms with E-state index in [-0.39, 0.29) is 0 Å². The molecular formula is C15H26N2. The fourth-order valence-electron chi connectivity index (χ4n) is 3.68. The number of piperidine rings is 1. The lowest BCUT2D eigenvalue weighted by molar-refractivity contribution is 0.0318. The molecule has 3 unspecified atom stereocenters. The molecule has 0 aromatic carbocycles. The topological polar surface area (TPSA) is 15.3 Å². The normalized spacial score (nSPS) is 31.5. The average molecular weight is 234 g/mol. The highest BCUT2D eigenvalue weighted by molar-refractivity contribution is 4.91. The number of terminal acetylenes is 1. The van der Waals surface area contributed by atoms with E-state index < -0.39 is 0 Å². The molecule has 1 aliphatic heterocycles. The summed E-state index contributed by atoms with van der Waals surface area (Å²) in [5.41, 5.74) is 0. The van der Waals surface area contributed by atoms with Crippen LogP contribution in [0.25, 0.3) is 0 Å². The summed E-state index contributed by atoms with van der Waals surface area (Å²) in [6.45, 7) is 5.38. The predicted octanol–water partition coefficient (Wildman–Crippen LogP) is 2.25. The number of likely N-dealkylation sites (tertiary alicyclic amines) is 1. The number of hydrogen-bond acceptors (Lipinski definition) is 2. The van der Waals surface area contributed by atoms with Crippen LogP contribution in [0.5, 0.6) is 0 Å². The monoisotopic (exact) mass is 234 g/mol. The van der Waals surface area contributed by atoms with Crippen LogP contribution in [0, 0.1) is 18.3 Å². The second-order valence-electron chi connectivity index (χ2n) is 5.68. The number of nitrogens with zero attached hydrogens (tertiary/aromatic N) is 1. The number of nitrogens with one attached hydrogen (secondary N) is 1.